The fourth-order valence-electron chi connectivity index (χ4n) is 3.45. The Kier molecular flexibility index (Phi) is 4.66. The molecule has 0 radical (unpaired) electrons. The summed E-state index contributed by atoms with van der Waals surface area (Å²) < 4.78 is 0. The van der Waals surface area contributed by atoms with E-state index in [2.05, 4.69) is 11.8 Å². The first-order valence-electron chi connectivity index (χ1n) is 7.27. The summed E-state index contributed by atoms with van der Waals surface area (Å²) in [5, 5.41) is 0. The third-order valence-corrected chi connectivity index (χ3v) is 4.64. The van der Waals surface area contributed by atoms with E-state index < -0.39 is 0 Å². The molecule has 2 nitrogen and oxygen atoms in total. The summed E-state index contributed by atoms with van der Waals surface area (Å²) in [6, 6.07) is 1.58. The van der Waals surface area contributed by atoms with Crippen LogP contribution in [0.3, 0.4) is 0 Å². The van der Waals surface area contributed by atoms with E-state index >= 15 is 0 Å². The highest BCUT2D eigenvalue weighted by molar-refractivity contribution is 4.84. The van der Waals surface area contributed by atoms with Crippen LogP contribution in [0.4, 0.5) is 0 Å². The molecule has 0 spiro atoms. The van der Waals surface area contributed by atoms with Crippen LogP contribution in [-0.2, 0) is 0 Å². The van der Waals surface area contributed by atoms with Gasteiger partial charge in [0.25, 0.3) is 0 Å². The first kappa shape index (κ1) is 12.4. The second-order valence-electron chi connectivity index (χ2n) is 5.85. The molecule has 1 heterocycles. The van der Waals surface area contributed by atoms with E-state index in [0.717, 1.165) is 24.5 Å². The molecule has 1 aliphatic heterocycles. The van der Waals surface area contributed by atoms with Gasteiger partial charge in [-0.05, 0) is 51.6 Å². The second kappa shape index (κ2) is 6.02. The lowest BCUT2D eigenvalue weighted by molar-refractivity contribution is 0.0751. The predicted molar refractivity (Wildman–Crippen MR) is 69.4 cm³/mol. The molecular weight excluding hydrogens is 196 g/mol. The van der Waals surface area contributed by atoms with Crippen LogP contribution in [0.15, 0.2) is 0 Å². The van der Waals surface area contributed by atoms with E-state index in [1.54, 1.807) is 0 Å². The Bertz CT molecular complexity index is 199. The van der Waals surface area contributed by atoms with Gasteiger partial charge in [0, 0.05) is 12.1 Å². The van der Waals surface area contributed by atoms with Crippen molar-refractivity contribution in [1.29, 1.82) is 0 Å². The third kappa shape index (κ3) is 2.98. The smallest absolute Gasteiger partial charge is 0.0110 e. The van der Waals surface area contributed by atoms with Gasteiger partial charge in [-0.25, -0.2) is 0 Å². The quantitative estimate of drug-likeness (QED) is 0.778. The van der Waals surface area contributed by atoms with Gasteiger partial charge in [0.2, 0.25) is 0 Å². The van der Waals surface area contributed by atoms with Crippen molar-refractivity contribution in [2.45, 2.75) is 70.4 Å². The number of piperidine rings is 1. The van der Waals surface area contributed by atoms with Crippen molar-refractivity contribution in [3.8, 4) is 0 Å². The van der Waals surface area contributed by atoms with Crippen LogP contribution < -0.4 is 5.73 Å². The van der Waals surface area contributed by atoms with Crippen molar-refractivity contribution in [1.82, 2.24) is 4.90 Å². The Morgan fingerprint density at radius 1 is 1.19 bits per heavy atom. The van der Waals surface area contributed by atoms with Gasteiger partial charge < -0.3 is 5.73 Å². The zero-order valence-corrected chi connectivity index (χ0v) is 10.8. The van der Waals surface area contributed by atoms with Crippen molar-refractivity contribution in [3.05, 3.63) is 0 Å². The molecule has 2 heteroatoms. The molecule has 0 aromatic carbocycles. The predicted octanol–water partition coefficient (Wildman–Crippen LogP) is 2.77. The highest BCUT2D eigenvalue weighted by Crippen LogP contribution is 2.33. The summed E-state index contributed by atoms with van der Waals surface area (Å²) in [6.45, 7) is 4.61. The van der Waals surface area contributed by atoms with E-state index in [-0.39, 0.29) is 0 Å². The molecule has 0 aromatic rings. The number of hydrogen-bond donors (Lipinski definition) is 1. The van der Waals surface area contributed by atoms with Crippen LogP contribution in [-0.4, -0.2) is 30.1 Å². The van der Waals surface area contributed by atoms with Crippen molar-refractivity contribution < 1.29 is 0 Å². The molecule has 2 N–H and O–H groups in total. The third-order valence-electron chi connectivity index (χ3n) is 4.64. The number of likely N-dealkylation sites (tertiary alicyclic amines) is 1. The van der Waals surface area contributed by atoms with Gasteiger partial charge in [-0.3, -0.25) is 4.90 Å². The van der Waals surface area contributed by atoms with E-state index in [1.165, 1.54) is 57.9 Å². The number of rotatable bonds is 5. The Morgan fingerprint density at radius 3 is 2.62 bits per heavy atom. The number of hydrogen-bond acceptors (Lipinski definition) is 2. The highest BCUT2D eigenvalue weighted by atomic mass is 15.2. The Labute approximate surface area is 101 Å². The van der Waals surface area contributed by atoms with Crippen molar-refractivity contribution in [3.63, 3.8) is 0 Å². The lowest BCUT2D eigenvalue weighted by atomic mass is 9.80. The largest absolute Gasteiger partial charge is 0.330 e. The Hall–Kier alpha value is -0.0800. The van der Waals surface area contributed by atoms with Gasteiger partial charge in [0.15, 0.2) is 0 Å². The summed E-state index contributed by atoms with van der Waals surface area (Å²) in [7, 11) is 0. The molecule has 0 aromatic heterocycles. The minimum Gasteiger partial charge on any atom is -0.330 e. The minimum absolute atomic E-state index is 0.786. The maximum atomic E-state index is 5.73. The van der Waals surface area contributed by atoms with Gasteiger partial charge in [0.1, 0.15) is 0 Å². The van der Waals surface area contributed by atoms with Gasteiger partial charge in [-0.15, -0.1) is 0 Å². The van der Waals surface area contributed by atoms with Gasteiger partial charge in [-0.2, -0.15) is 0 Å². The molecule has 0 bridgehead atoms. The van der Waals surface area contributed by atoms with Gasteiger partial charge in [0.05, 0.1) is 0 Å². The first-order chi connectivity index (χ1) is 7.81. The molecule has 2 aliphatic rings. The van der Waals surface area contributed by atoms with Crippen LogP contribution in [0.5, 0.6) is 0 Å². The molecule has 1 aliphatic carbocycles. The summed E-state index contributed by atoms with van der Waals surface area (Å²) in [6.07, 6.45) is 11.3. The van der Waals surface area contributed by atoms with Gasteiger partial charge in [-0.1, -0.05) is 25.7 Å². The van der Waals surface area contributed by atoms with Crippen molar-refractivity contribution in [2.75, 3.05) is 13.1 Å². The van der Waals surface area contributed by atoms with Crippen molar-refractivity contribution in [2.24, 2.45) is 11.7 Å². The van der Waals surface area contributed by atoms with Crippen LogP contribution >= 0.6 is 0 Å². The molecule has 2 rings (SSSR count). The number of nitrogens with two attached hydrogens (primary N) is 1. The summed E-state index contributed by atoms with van der Waals surface area (Å²) in [5.74, 6) is 1.04. The zero-order valence-electron chi connectivity index (χ0n) is 10.8. The fraction of sp³-hybridized carbons (Fsp3) is 1.00. The molecule has 0 amide bonds. The van der Waals surface area contributed by atoms with Gasteiger partial charge >= 0.3 is 0 Å². The Morgan fingerprint density at radius 2 is 2.00 bits per heavy atom. The maximum absolute atomic E-state index is 5.73. The fourth-order valence-corrected chi connectivity index (χ4v) is 3.45. The standard InChI is InChI=1S/C14H28N2/c1-12(11-13-5-4-6-13)16-10-3-2-7-14(16)8-9-15/h12-14H,2-11,15H2,1H3. The molecular formula is C14H28N2. The SMILES string of the molecule is CC(CC1CCC1)N1CCCCC1CCN. The minimum atomic E-state index is 0.786. The lowest BCUT2D eigenvalue weighted by Crippen LogP contribution is -2.46. The van der Waals surface area contributed by atoms with Crippen LogP contribution in [0.25, 0.3) is 0 Å². The molecule has 1 saturated carbocycles. The summed E-state index contributed by atoms with van der Waals surface area (Å²) in [4.78, 5) is 2.76. The topological polar surface area (TPSA) is 29.3 Å². The molecule has 16 heavy (non-hydrogen) atoms. The average Bonchev–Trinajstić information content (AvgIpc) is 2.24. The Balaban J connectivity index is 1.82. The maximum Gasteiger partial charge on any atom is 0.0110 e. The molecule has 2 atom stereocenters. The normalized spacial score (nSPS) is 30.0. The van der Waals surface area contributed by atoms with E-state index in [1.807, 2.05) is 0 Å². The zero-order chi connectivity index (χ0) is 11.4. The van der Waals surface area contributed by atoms with Crippen LogP contribution in [0.1, 0.15) is 58.3 Å². The summed E-state index contributed by atoms with van der Waals surface area (Å²) in [5.41, 5.74) is 5.73. The monoisotopic (exact) mass is 224 g/mol. The first-order valence-corrected chi connectivity index (χ1v) is 7.27. The van der Waals surface area contributed by atoms with E-state index in [0.29, 0.717) is 0 Å². The van der Waals surface area contributed by atoms with E-state index in [4.69, 9.17) is 5.73 Å². The number of nitrogens with zero attached hydrogens (tertiary/aromatic N) is 1. The highest BCUT2D eigenvalue weighted by Gasteiger charge is 2.28. The van der Waals surface area contributed by atoms with Crippen LogP contribution in [0.2, 0.25) is 0 Å². The lowest BCUT2D eigenvalue weighted by Gasteiger charge is -2.42. The van der Waals surface area contributed by atoms with E-state index in [9.17, 15) is 0 Å². The second-order valence-corrected chi connectivity index (χ2v) is 5.85. The van der Waals surface area contributed by atoms with Crippen molar-refractivity contribution >= 4 is 0 Å². The average molecular weight is 224 g/mol. The molecule has 94 valence electrons. The van der Waals surface area contributed by atoms with Crippen LogP contribution in [0, 0.1) is 5.92 Å². The molecule has 2 fully saturated rings. The molecule has 1 saturated heterocycles. The molecule has 2 unspecified atom stereocenters. The summed E-state index contributed by atoms with van der Waals surface area (Å²) >= 11 is 0.